The van der Waals surface area contributed by atoms with Gasteiger partial charge in [-0.25, -0.2) is 13.8 Å². The number of unbranched alkanes of at least 4 members (excludes halogenated alkanes) is 1. The van der Waals surface area contributed by atoms with Gasteiger partial charge in [0.15, 0.2) is 5.78 Å². The van der Waals surface area contributed by atoms with E-state index in [1.165, 1.54) is 89.6 Å². The molecule has 1 saturated heterocycles. The molecule has 12 atom stereocenters. The summed E-state index contributed by atoms with van der Waals surface area (Å²) in [6.45, 7) is -0.296. The number of alkyl halides is 1. The molecule has 2 saturated carbocycles. The largest absolute Gasteiger partial charge is 0.508 e. The van der Waals surface area contributed by atoms with Crippen LogP contribution < -0.4 is 43.4 Å². The number of hydrogen-bond acceptors (Lipinski definition) is 16. The van der Waals surface area contributed by atoms with Crippen LogP contribution in [0.4, 0.5) is 8.78 Å². The van der Waals surface area contributed by atoms with Crippen molar-refractivity contribution in [3.8, 4) is 5.75 Å². The molecule has 5 aromatic rings. The molecule has 101 heavy (non-hydrogen) atoms. The Labute approximate surface area is 592 Å². The number of primary amides is 1. The summed E-state index contributed by atoms with van der Waals surface area (Å²) in [7, 11) is 1.16. The molecule has 9 rings (SSSR count). The van der Waals surface area contributed by atoms with Gasteiger partial charge in [-0.3, -0.25) is 52.7 Å². The maximum atomic E-state index is 15.5. The third kappa shape index (κ3) is 21.6. The molecule has 544 valence electrons. The van der Waals surface area contributed by atoms with Crippen molar-refractivity contribution in [1.82, 2.24) is 56.7 Å². The minimum absolute atomic E-state index is 0.0328. The Kier molecular flexibility index (Phi) is 27.7. The maximum absolute atomic E-state index is 15.5. The number of phenolic OH excluding ortho intramolecular Hbond substituents is 1. The quantitative estimate of drug-likeness (QED) is 0.0661. The van der Waals surface area contributed by atoms with Crippen LogP contribution in [0.15, 0.2) is 85.5 Å². The van der Waals surface area contributed by atoms with Gasteiger partial charge in [0.25, 0.3) is 0 Å². The monoisotopic (exact) mass is 1440 g/mol. The number of benzene rings is 3. The van der Waals surface area contributed by atoms with Crippen molar-refractivity contribution < 1.29 is 71.7 Å². The molecular weight excluding hydrogens is 1340 g/mol. The molecule has 0 spiro atoms. The zero-order valence-corrected chi connectivity index (χ0v) is 58.1. The smallest absolute Gasteiger partial charge is 0.305 e. The molecule has 3 fully saturated rings. The maximum Gasteiger partial charge on any atom is 0.305 e. The second kappa shape index (κ2) is 36.6. The Balaban J connectivity index is 1.05. The fraction of sp³-hybridized carbons (Fsp3) is 0.521. The summed E-state index contributed by atoms with van der Waals surface area (Å²) >= 11 is 2.88. The lowest BCUT2D eigenvalue weighted by molar-refractivity contribution is -0.148. The van der Waals surface area contributed by atoms with E-state index in [2.05, 4.69) is 46.9 Å². The van der Waals surface area contributed by atoms with Crippen LogP contribution in [0.2, 0.25) is 0 Å². The Morgan fingerprint density at radius 3 is 2.18 bits per heavy atom. The molecule has 4 heterocycles. The van der Waals surface area contributed by atoms with Gasteiger partial charge < -0.3 is 73.3 Å². The second-order valence-electron chi connectivity index (χ2n) is 26.9. The third-order valence-corrected chi connectivity index (χ3v) is 21.9. The molecule has 0 radical (unpaired) electrons. The number of halogens is 2. The molecule has 2 aliphatic heterocycles. The summed E-state index contributed by atoms with van der Waals surface area (Å²) in [5.74, 6) is -9.99. The molecule has 9 amide bonds. The van der Waals surface area contributed by atoms with Crippen LogP contribution in [0.25, 0.3) is 10.9 Å². The first-order chi connectivity index (χ1) is 48.5. The lowest BCUT2D eigenvalue weighted by Crippen LogP contribution is -2.61. The normalized spacial score (nSPS) is 26.5. The van der Waals surface area contributed by atoms with E-state index in [4.69, 9.17) is 11.5 Å². The van der Waals surface area contributed by atoms with E-state index in [0.717, 1.165) is 23.1 Å². The molecule has 2 bridgehead atoms. The Hall–Kier alpha value is -8.90. The number of nitrogens with one attached hydrogen (secondary N) is 8. The van der Waals surface area contributed by atoms with Gasteiger partial charge in [0.2, 0.25) is 53.2 Å². The molecule has 2 aromatic heterocycles. The van der Waals surface area contributed by atoms with Crippen molar-refractivity contribution in [2.45, 2.75) is 169 Å². The summed E-state index contributed by atoms with van der Waals surface area (Å²) in [5.41, 5.74) is 15.2. The van der Waals surface area contributed by atoms with Crippen molar-refractivity contribution in [1.29, 1.82) is 0 Å². The first kappa shape index (κ1) is 76.3. The van der Waals surface area contributed by atoms with E-state index < -0.39 is 138 Å². The number of imidazole rings is 1. The molecule has 14 N–H and O–H groups in total. The molecule has 2 aliphatic carbocycles. The molecule has 3 aromatic carbocycles. The highest BCUT2D eigenvalue weighted by Gasteiger charge is 2.45. The number of hydrogen-bond donors (Lipinski definition) is 12. The predicted octanol–water partition coefficient (Wildman–Crippen LogP) is 3.91. The second-order valence-corrected chi connectivity index (χ2v) is 29.0. The van der Waals surface area contributed by atoms with E-state index in [0.29, 0.717) is 96.5 Å². The Morgan fingerprint density at radius 1 is 0.743 bits per heavy atom. The number of thioether (sulfide) groups is 2. The average molecular weight is 1440 g/mol. The number of H-pyrrole nitrogens is 2. The summed E-state index contributed by atoms with van der Waals surface area (Å²) < 4.78 is 30.2. The van der Waals surface area contributed by atoms with Gasteiger partial charge in [-0.05, 0) is 148 Å². The number of nitrogens with two attached hydrogens (primary N) is 2. The number of rotatable bonds is 15. The molecule has 4 unspecified atom stereocenters. The summed E-state index contributed by atoms with van der Waals surface area (Å²) in [5, 5.41) is 37.3. The fourth-order valence-corrected chi connectivity index (χ4v) is 16.3. The summed E-state index contributed by atoms with van der Waals surface area (Å²) in [6.07, 6.45) is 4.93. The van der Waals surface area contributed by atoms with E-state index >= 15 is 28.4 Å². The van der Waals surface area contributed by atoms with Crippen molar-refractivity contribution in [3.63, 3.8) is 0 Å². The van der Waals surface area contributed by atoms with Crippen molar-refractivity contribution in [2.24, 2.45) is 35.1 Å². The number of carbonyl (C=O) groups is 11. The predicted molar refractivity (Wildman–Crippen MR) is 374 cm³/mol. The number of ketones is 1. The molecule has 30 heteroatoms. The van der Waals surface area contributed by atoms with Crippen LogP contribution in [-0.2, 0) is 83.5 Å². The highest BCUT2D eigenvalue weighted by molar-refractivity contribution is 7.98. The van der Waals surface area contributed by atoms with Gasteiger partial charge in [0, 0.05) is 97.7 Å². The Bertz CT molecular complexity index is 3750. The van der Waals surface area contributed by atoms with Crippen LogP contribution >= 0.6 is 23.5 Å². The van der Waals surface area contributed by atoms with E-state index in [1.54, 1.807) is 0 Å². The van der Waals surface area contributed by atoms with Gasteiger partial charge in [-0.2, -0.15) is 23.5 Å². The number of carbonyl (C=O) groups excluding carboxylic acids is 10. The number of fused-ring (bicyclic) bond motifs is 5. The third-order valence-electron chi connectivity index (χ3n) is 19.6. The average Bonchev–Trinajstić information content (AvgIpc) is 1.73. The molecule has 4 aliphatic rings. The van der Waals surface area contributed by atoms with Crippen molar-refractivity contribution in [2.75, 3.05) is 38.2 Å². The number of carboxylic acid groups (broad SMARTS) is 1. The topological polar surface area (TPSA) is 403 Å². The number of aromatic amines is 2. The van der Waals surface area contributed by atoms with Crippen LogP contribution in [0.5, 0.6) is 5.75 Å². The number of Topliss-reactive ketones (excluding diaryl/α,β-unsaturated/α-hetero) is 1. The lowest BCUT2D eigenvalue weighted by atomic mass is 9.75. The standard InChI is InChI=1S/C71H91F2N13O13S2/c1-85-60(32-64(91)92)69(97)82-56(31-49-34-76-39-79-49)68(96)83-57(25-40-10-17-50(87)18-11-40)71(99)86-22-5-9-59(86)61(88)28-46(65(75)93)38-101-37-42-7-4-6-41(24-42)36-100-23-20-62(89)80-54(8-2-3-21-74)66(94)78-35-63(90)81-55(27-45-33-77-53-19-16-48(73)30-52(45)53)67(95)84-58(70(85)98)26-44-13-12-43-14-15-47(72)29-51(43)44/h4,6-7,10-11,16-19,24,30,33-34,39,43-44,46-47,51,54-60,77,87H,2-3,5,8-9,12-15,20-23,25-29,31-32,35-38,74H2,1H3,(H2,75,93)(H,76,79)(H,78,94)(H,80,89)(H,81,90)(H,82,97)(H,83,96)(H,84,95)(H,91,92)/t43?,44?,46-,47?,51?,54-,55-,56-,57-,58-,59-,60-/m0/s1. The zero-order valence-electron chi connectivity index (χ0n) is 56.4. The number of phenols is 1. The molecule has 26 nitrogen and oxygen atoms in total. The first-order valence-electron chi connectivity index (χ1n) is 34.5. The number of amides is 9. The summed E-state index contributed by atoms with van der Waals surface area (Å²) in [4.78, 5) is 170. The van der Waals surface area contributed by atoms with E-state index in [1.807, 2.05) is 24.3 Å². The number of aliphatic carboxylic acids is 1. The lowest BCUT2D eigenvalue weighted by Gasteiger charge is -2.35. The minimum Gasteiger partial charge on any atom is -0.508 e. The highest BCUT2D eigenvalue weighted by atomic mass is 32.2. The SMILES string of the molecule is CN1C(=O)[C@H](CC2CCC3CCC(F)CC32)NC(=O)[C@H](Cc2c[nH]c3ccc(F)cc23)NC(=O)CNC(=O)[C@H](CCCCN)NC(=O)CCSCc2cccc(c2)CSC[C@@H](C(N)=O)CC(=O)[C@@H]2CCCN2C(=O)[C@H](Cc2ccc(O)cc2)NC(=O)[C@H](Cc2cnc[nH]2)NC(=O)[C@@H]1CC(=O)O. The van der Waals surface area contributed by atoms with Crippen molar-refractivity contribution >= 4 is 99.3 Å². The van der Waals surface area contributed by atoms with Gasteiger partial charge in [-0.15, -0.1) is 0 Å². The summed E-state index contributed by atoms with van der Waals surface area (Å²) in [6, 6.07) is 7.27. The first-order valence-corrected chi connectivity index (χ1v) is 36.8. The van der Waals surface area contributed by atoms with Crippen molar-refractivity contribution in [3.05, 3.63) is 119 Å². The van der Waals surface area contributed by atoms with Gasteiger partial charge in [-0.1, -0.05) is 36.4 Å². The van der Waals surface area contributed by atoms with E-state index in [-0.39, 0.29) is 93.6 Å². The number of aromatic hydroxyl groups is 1. The Morgan fingerprint density at radius 2 is 1.46 bits per heavy atom. The van der Waals surface area contributed by atoms with Crippen LogP contribution in [-0.4, -0.2) is 187 Å². The minimum atomic E-state index is -1.92. The highest BCUT2D eigenvalue weighted by Crippen LogP contribution is 2.48. The number of aromatic nitrogens is 3. The fourth-order valence-electron chi connectivity index (χ4n) is 14.3. The number of nitrogens with zero attached hydrogens (tertiary/aromatic N) is 3. The number of carboxylic acids is 1. The zero-order chi connectivity index (χ0) is 72.3. The van der Waals surface area contributed by atoms with Crippen LogP contribution in [0.1, 0.15) is 118 Å². The molecular formula is C71H91F2N13O13S2. The van der Waals surface area contributed by atoms with E-state index in [9.17, 15) is 43.4 Å². The van der Waals surface area contributed by atoms with Gasteiger partial charge >= 0.3 is 5.97 Å². The number of likely N-dealkylation sites (N-methyl/N-ethyl adjacent to an activating group) is 1. The van der Waals surface area contributed by atoms with Gasteiger partial charge in [0.1, 0.15) is 54.0 Å². The van der Waals surface area contributed by atoms with Gasteiger partial charge in [0.05, 0.1) is 31.3 Å². The van der Waals surface area contributed by atoms with Crippen LogP contribution in [0, 0.1) is 29.5 Å². The van der Waals surface area contributed by atoms with Crippen LogP contribution in [0.3, 0.4) is 0 Å².